The average molecular weight is 255 g/mol. The number of benzene rings is 1. The van der Waals surface area contributed by atoms with Crippen LogP contribution in [-0.4, -0.2) is 24.5 Å². The van der Waals surface area contributed by atoms with Crippen molar-refractivity contribution >= 4 is 5.97 Å². The van der Waals surface area contributed by atoms with Crippen molar-refractivity contribution in [3.8, 4) is 0 Å². The number of esters is 1. The van der Waals surface area contributed by atoms with E-state index in [9.17, 15) is 13.6 Å². The molecule has 2 atom stereocenters. The van der Waals surface area contributed by atoms with Gasteiger partial charge in [0.05, 0.1) is 6.04 Å². The van der Waals surface area contributed by atoms with Gasteiger partial charge in [0.15, 0.2) is 0 Å². The summed E-state index contributed by atoms with van der Waals surface area (Å²) >= 11 is 0. The van der Waals surface area contributed by atoms with Crippen molar-refractivity contribution in [1.29, 1.82) is 0 Å². The fourth-order valence-corrected chi connectivity index (χ4v) is 1.99. The fraction of sp³-hybridized carbons (Fsp3) is 0.462. The second-order valence-electron chi connectivity index (χ2n) is 4.33. The Bertz CT molecular complexity index is 397. The van der Waals surface area contributed by atoms with E-state index >= 15 is 0 Å². The van der Waals surface area contributed by atoms with Gasteiger partial charge in [-0.25, -0.2) is 8.78 Å². The molecule has 3 nitrogen and oxygen atoms in total. The van der Waals surface area contributed by atoms with Crippen LogP contribution in [-0.2, 0) is 16.1 Å². The van der Waals surface area contributed by atoms with Crippen LogP contribution < -0.4 is 5.32 Å². The number of ether oxygens (including phenoxy) is 1. The van der Waals surface area contributed by atoms with Crippen LogP contribution in [0.2, 0.25) is 0 Å². The number of halogens is 2. The molecule has 0 saturated carbocycles. The van der Waals surface area contributed by atoms with Gasteiger partial charge in [-0.1, -0.05) is 30.3 Å². The summed E-state index contributed by atoms with van der Waals surface area (Å²) in [5.74, 6) is -0.456. The molecule has 1 aromatic carbocycles. The Labute approximate surface area is 104 Å². The third-order valence-corrected chi connectivity index (χ3v) is 2.99. The summed E-state index contributed by atoms with van der Waals surface area (Å²) in [5.41, 5.74) is 0.884. The maximum absolute atomic E-state index is 12.4. The molecule has 1 aromatic rings. The highest BCUT2D eigenvalue weighted by atomic mass is 19.3. The fourth-order valence-electron chi connectivity index (χ4n) is 1.99. The molecule has 1 heterocycles. The second kappa shape index (κ2) is 5.91. The summed E-state index contributed by atoms with van der Waals surface area (Å²) in [7, 11) is 0. The molecule has 2 unspecified atom stereocenters. The van der Waals surface area contributed by atoms with Crippen LogP contribution in [0.15, 0.2) is 30.3 Å². The van der Waals surface area contributed by atoms with E-state index < -0.39 is 24.5 Å². The van der Waals surface area contributed by atoms with Crippen LogP contribution in [0, 0.1) is 0 Å². The Hall–Kier alpha value is -1.49. The Morgan fingerprint density at radius 1 is 1.33 bits per heavy atom. The predicted molar refractivity (Wildman–Crippen MR) is 62.2 cm³/mol. The van der Waals surface area contributed by atoms with E-state index in [1.54, 1.807) is 0 Å². The minimum absolute atomic E-state index is 0.178. The van der Waals surface area contributed by atoms with Gasteiger partial charge in [-0.3, -0.25) is 10.1 Å². The second-order valence-corrected chi connectivity index (χ2v) is 4.33. The molecule has 5 heteroatoms. The van der Waals surface area contributed by atoms with Crippen molar-refractivity contribution in [1.82, 2.24) is 5.32 Å². The Morgan fingerprint density at radius 3 is 2.67 bits per heavy atom. The quantitative estimate of drug-likeness (QED) is 0.837. The van der Waals surface area contributed by atoms with Gasteiger partial charge >= 0.3 is 5.97 Å². The molecule has 18 heavy (non-hydrogen) atoms. The van der Waals surface area contributed by atoms with Gasteiger partial charge in [0.25, 0.3) is 6.43 Å². The van der Waals surface area contributed by atoms with Crippen molar-refractivity contribution in [2.75, 3.05) is 0 Å². The van der Waals surface area contributed by atoms with Crippen molar-refractivity contribution in [3.05, 3.63) is 35.9 Å². The smallest absolute Gasteiger partial charge is 0.323 e. The lowest BCUT2D eigenvalue weighted by Crippen LogP contribution is -2.39. The minimum atomic E-state index is -2.43. The number of nitrogens with one attached hydrogen (secondary N) is 1. The number of carbonyl (C=O) groups excluding carboxylic acids is 1. The first-order chi connectivity index (χ1) is 8.66. The van der Waals surface area contributed by atoms with Gasteiger partial charge in [-0.2, -0.15) is 0 Å². The third-order valence-electron chi connectivity index (χ3n) is 2.99. The molecule has 0 aromatic heterocycles. The number of rotatable bonds is 4. The van der Waals surface area contributed by atoms with Crippen LogP contribution in [0.4, 0.5) is 8.78 Å². The molecule has 1 fully saturated rings. The molecule has 0 aliphatic carbocycles. The zero-order chi connectivity index (χ0) is 13.0. The summed E-state index contributed by atoms with van der Waals surface area (Å²) in [4.78, 5) is 11.7. The molecular weight excluding hydrogens is 240 g/mol. The molecular formula is C13H15F2NO2. The van der Waals surface area contributed by atoms with Crippen LogP contribution in [0.1, 0.15) is 18.4 Å². The molecule has 0 spiro atoms. The summed E-state index contributed by atoms with van der Waals surface area (Å²) in [6, 6.07) is 7.77. The lowest BCUT2D eigenvalue weighted by Gasteiger charge is -2.13. The number of alkyl halides is 2. The lowest BCUT2D eigenvalue weighted by molar-refractivity contribution is -0.147. The highest BCUT2D eigenvalue weighted by Crippen LogP contribution is 2.19. The van der Waals surface area contributed by atoms with Crippen LogP contribution in [0.25, 0.3) is 0 Å². The molecule has 2 rings (SSSR count). The maximum atomic E-state index is 12.4. The first-order valence-electron chi connectivity index (χ1n) is 5.91. The lowest BCUT2D eigenvalue weighted by atomic mass is 10.2. The third kappa shape index (κ3) is 3.26. The van der Waals surface area contributed by atoms with E-state index in [4.69, 9.17) is 4.74 Å². The van der Waals surface area contributed by atoms with E-state index in [0.717, 1.165) is 5.56 Å². The first-order valence-corrected chi connectivity index (χ1v) is 5.91. The topological polar surface area (TPSA) is 38.3 Å². The Morgan fingerprint density at radius 2 is 2.06 bits per heavy atom. The Kier molecular flexibility index (Phi) is 4.25. The molecule has 1 saturated heterocycles. The average Bonchev–Trinajstić information content (AvgIpc) is 2.87. The van der Waals surface area contributed by atoms with Crippen molar-refractivity contribution < 1.29 is 18.3 Å². The van der Waals surface area contributed by atoms with E-state index in [2.05, 4.69) is 5.32 Å². The largest absolute Gasteiger partial charge is 0.460 e. The van der Waals surface area contributed by atoms with Crippen molar-refractivity contribution in [3.63, 3.8) is 0 Å². The van der Waals surface area contributed by atoms with Gasteiger partial charge in [0, 0.05) is 0 Å². The molecule has 1 aliphatic heterocycles. The van der Waals surface area contributed by atoms with Gasteiger partial charge in [0.1, 0.15) is 12.6 Å². The van der Waals surface area contributed by atoms with Gasteiger partial charge < -0.3 is 4.74 Å². The van der Waals surface area contributed by atoms with Crippen LogP contribution in [0.3, 0.4) is 0 Å². The SMILES string of the molecule is O=C(OCc1ccccc1)C1CCC(C(F)F)N1. The highest BCUT2D eigenvalue weighted by molar-refractivity contribution is 5.76. The number of carbonyl (C=O) groups is 1. The first kappa shape index (κ1) is 13.0. The molecule has 1 N–H and O–H groups in total. The monoisotopic (exact) mass is 255 g/mol. The standard InChI is InChI=1S/C13H15F2NO2/c14-12(15)10-6-7-11(16-10)13(17)18-8-9-4-2-1-3-5-9/h1-5,10-12,16H,6-8H2. The predicted octanol–water partition coefficient (Wildman–Crippen LogP) is 2.12. The van der Waals surface area contributed by atoms with Gasteiger partial charge in [-0.15, -0.1) is 0 Å². The highest BCUT2D eigenvalue weighted by Gasteiger charge is 2.34. The molecule has 0 bridgehead atoms. The van der Waals surface area contributed by atoms with Crippen molar-refractivity contribution in [2.24, 2.45) is 0 Å². The molecule has 98 valence electrons. The van der Waals surface area contributed by atoms with E-state index in [1.165, 1.54) is 0 Å². The van der Waals surface area contributed by atoms with Crippen molar-refractivity contribution in [2.45, 2.75) is 38.0 Å². The van der Waals surface area contributed by atoms with E-state index in [0.29, 0.717) is 12.8 Å². The Balaban J connectivity index is 1.79. The number of hydrogen-bond acceptors (Lipinski definition) is 3. The normalized spacial score (nSPS) is 23.3. The van der Waals surface area contributed by atoms with Gasteiger partial charge in [-0.05, 0) is 18.4 Å². The van der Waals surface area contributed by atoms with Crippen LogP contribution in [0.5, 0.6) is 0 Å². The molecule has 0 amide bonds. The molecule has 1 aliphatic rings. The van der Waals surface area contributed by atoms with Gasteiger partial charge in [0.2, 0.25) is 0 Å². The summed E-state index contributed by atoms with van der Waals surface area (Å²) in [5, 5.41) is 2.60. The van der Waals surface area contributed by atoms with E-state index in [1.807, 2.05) is 30.3 Å². The number of hydrogen-bond donors (Lipinski definition) is 1. The summed E-state index contributed by atoms with van der Waals surface area (Å²) in [6.07, 6.45) is -1.72. The summed E-state index contributed by atoms with van der Waals surface area (Å²) in [6.45, 7) is 0.178. The minimum Gasteiger partial charge on any atom is -0.460 e. The van der Waals surface area contributed by atoms with Crippen LogP contribution >= 0.6 is 0 Å². The molecule has 0 radical (unpaired) electrons. The zero-order valence-corrected chi connectivity index (χ0v) is 9.81. The zero-order valence-electron chi connectivity index (χ0n) is 9.81. The summed E-state index contributed by atoms with van der Waals surface area (Å²) < 4.78 is 29.9. The maximum Gasteiger partial charge on any atom is 0.323 e. The van der Waals surface area contributed by atoms with E-state index in [-0.39, 0.29) is 6.61 Å².